The molecule has 0 aromatic carbocycles. The van der Waals surface area contributed by atoms with E-state index in [-0.39, 0.29) is 51.4 Å². The number of carboxylic acid groups (broad SMARTS) is 1. The molecule has 0 unspecified atom stereocenters. The first-order chi connectivity index (χ1) is 2.27. The molecule has 3 nitrogen and oxygen atoms in total. The van der Waals surface area contributed by atoms with Crippen molar-refractivity contribution in [3.8, 4) is 0 Å². The Morgan fingerprint density at radius 1 is 1.83 bits per heavy atom. The zero-order valence-electron chi connectivity index (χ0n) is 2.14. The third-order valence-electron chi connectivity index (χ3n) is 0.0660. The summed E-state index contributed by atoms with van der Waals surface area (Å²) >= 11 is 4.24. The van der Waals surface area contributed by atoms with Crippen molar-refractivity contribution >= 4 is 69.4 Å². The molecule has 0 aliphatic carbocycles. The predicted molar refractivity (Wildman–Crippen MR) is 22.1 cm³/mol. The van der Waals surface area contributed by atoms with Crippen LogP contribution in [0.15, 0.2) is 0 Å². The Hall–Kier alpha value is 1.20. The Morgan fingerprint density at radius 2 is 2.00 bits per heavy atom. The summed E-state index contributed by atoms with van der Waals surface area (Å²) in [7, 11) is 0. The Kier molecular flexibility index (Phi) is 10.6. The second-order valence-electron chi connectivity index (χ2n) is 0.343. The van der Waals surface area contributed by atoms with Gasteiger partial charge in [-0.3, -0.25) is 0 Å². The van der Waals surface area contributed by atoms with Crippen LogP contribution in [0.2, 0.25) is 0 Å². The minimum absolute atomic E-state index is 0. The van der Waals surface area contributed by atoms with E-state index in [1.54, 1.807) is 0 Å². The molecular formula is CH2ClKO3. The monoisotopic (exact) mass is 136 g/mol. The Labute approximate surface area is 82.2 Å². The van der Waals surface area contributed by atoms with Crippen LogP contribution in [0.25, 0.3) is 0 Å². The Balaban J connectivity index is 0. The molecule has 0 rings (SSSR count). The molecule has 0 saturated carbocycles. The van der Waals surface area contributed by atoms with Gasteiger partial charge in [0, 0.05) is 0 Å². The van der Waals surface area contributed by atoms with Crippen LogP contribution in [-0.4, -0.2) is 62.6 Å². The molecule has 0 spiro atoms. The molecule has 0 fully saturated rings. The van der Waals surface area contributed by atoms with Crippen molar-refractivity contribution in [2.75, 3.05) is 0 Å². The maximum atomic E-state index is 9.01. The zero-order chi connectivity index (χ0) is 4.28. The first-order valence-electron chi connectivity index (χ1n) is 0.786. The van der Waals surface area contributed by atoms with Gasteiger partial charge in [0.2, 0.25) is 0 Å². The topological polar surface area (TPSA) is 46.5 Å². The van der Waals surface area contributed by atoms with E-state index in [1.807, 2.05) is 0 Å². The molecule has 0 aromatic rings. The summed E-state index contributed by atoms with van der Waals surface area (Å²) < 4.78 is 3.14. The third-order valence-corrected chi connectivity index (χ3v) is 0.198. The normalized spacial score (nSPS) is 5.50. The van der Waals surface area contributed by atoms with E-state index in [4.69, 9.17) is 9.90 Å². The molecule has 0 radical (unpaired) electrons. The van der Waals surface area contributed by atoms with Crippen LogP contribution in [-0.2, 0) is 4.29 Å². The third kappa shape index (κ3) is 8.96. The second-order valence-corrected chi connectivity index (χ2v) is 0.497. The average molecular weight is 137 g/mol. The predicted octanol–water partition coefficient (Wildman–Crippen LogP) is 0.186. The summed E-state index contributed by atoms with van der Waals surface area (Å²) in [6, 6.07) is 0. The number of halogens is 1. The van der Waals surface area contributed by atoms with Crippen LogP contribution >= 0.6 is 11.9 Å². The van der Waals surface area contributed by atoms with E-state index >= 15 is 0 Å². The van der Waals surface area contributed by atoms with Crippen molar-refractivity contribution in [2.24, 2.45) is 0 Å². The van der Waals surface area contributed by atoms with Gasteiger partial charge in [-0.1, -0.05) is 0 Å². The molecule has 0 bridgehead atoms. The fraction of sp³-hybridized carbons (Fsp3) is 0. The molecule has 0 amide bonds. The van der Waals surface area contributed by atoms with Gasteiger partial charge in [0.05, 0.1) is 0 Å². The van der Waals surface area contributed by atoms with Crippen LogP contribution in [0.5, 0.6) is 0 Å². The molecule has 0 aromatic heterocycles. The van der Waals surface area contributed by atoms with E-state index in [1.165, 1.54) is 0 Å². The average Bonchev–Trinajstić information content (AvgIpc) is 1.38. The number of hydrogen-bond donors (Lipinski definition) is 1. The van der Waals surface area contributed by atoms with Crippen molar-refractivity contribution in [3.63, 3.8) is 0 Å². The van der Waals surface area contributed by atoms with Gasteiger partial charge < -0.3 is 9.40 Å². The molecule has 0 aliphatic rings. The SMILES string of the molecule is O=C(O)OCl.[KH]. The van der Waals surface area contributed by atoms with Gasteiger partial charge in [-0.05, 0) is 0 Å². The molecule has 1 N–H and O–H groups in total. The summed E-state index contributed by atoms with van der Waals surface area (Å²) in [6.07, 6.45) is -1.48. The summed E-state index contributed by atoms with van der Waals surface area (Å²) in [4.78, 5) is 9.01. The first-order valence-corrected chi connectivity index (χ1v) is 1.09. The Morgan fingerprint density at radius 3 is 2.00 bits per heavy atom. The van der Waals surface area contributed by atoms with Crippen molar-refractivity contribution in [1.82, 2.24) is 0 Å². The van der Waals surface area contributed by atoms with Gasteiger partial charge >= 0.3 is 57.5 Å². The molecule has 0 aliphatic heterocycles. The van der Waals surface area contributed by atoms with Gasteiger partial charge in [-0.25, -0.2) is 4.79 Å². The second kappa shape index (κ2) is 6.20. The van der Waals surface area contributed by atoms with E-state index in [0.29, 0.717) is 0 Å². The standard InChI is InChI=1S/CHClO3.K.H/c2-5-1(3)4;;/h(H,3,4);;. The van der Waals surface area contributed by atoms with Crippen LogP contribution in [0.1, 0.15) is 0 Å². The van der Waals surface area contributed by atoms with E-state index in [2.05, 4.69) is 16.2 Å². The summed E-state index contributed by atoms with van der Waals surface area (Å²) in [5, 5.41) is 7.37. The van der Waals surface area contributed by atoms with Crippen LogP contribution in [0.3, 0.4) is 0 Å². The number of carbonyl (C=O) groups is 1. The molecule has 6 heavy (non-hydrogen) atoms. The van der Waals surface area contributed by atoms with Crippen molar-refractivity contribution < 1.29 is 14.2 Å². The maximum absolute atomic E-state index is 9.01. The van der Waals surface area contributed by atoms with E-state index in [9.17, 15) is 0 Å². The van der Waals surface area contributed by atoms with E-state index in [0.717, 1.165) is 0 Å². The fourth-order valence-electron chi connectivity index (χ4n) is 0. The number of hydrogen-bond acceptors (Lipinski definition) is 2. The number of rotatable bonds is 0. The van der Waals surface area contributed by atoms with Crippen molar-refractivity contribution in [3.05, 3.63) is 0 Å². The molecule has 32 valence electrons. The summed E-state index contributed by atoms with van der Waals surface area (Å²) in [6.45, 7) is 0. The molecule has 0 heterocycles. The zero-order valence-corrected chi connectivity index (χ0v) is 2.90. The summed E-state index contributed by atoms with van der Waals surface area (Å²) in [5.41, 5.74) is 0. The van der Waals surface area contributed by atoms with Crippen molar-refractivity contribution in [1.29, 1.82) is 0 Å². The van der Waals surface area contributed by atoms with Crippen LogP contribution < -0.4 is 0 Å². The fourth-order valence-corrected chi connectivity index (χ4v) is 0. The first kappa shape index (κ1) is 10.2. The van der Waals surface area contributed by atoms with Gasteiger partial charge in [0.15, 0.2) is 0 Å². The minimum atomic E-state index is -1.48. The van der Waals surface area contributed by atoms with Gasteiger partial charge in [-0.2, -0.15) is 0 Å². The molecule has 5 heteroatoms. The van der Waals surface area contributed by atoms with E-state index < -0.39 is 6.16 Å². The van der Waals surface area contributed by atoms with Gasteiger partial charge in [0.1, 0.15) is 11.9 Å². The molecule has 0 atom stereocenters. The van der Waals surface area contributed by atoms with Gasteiger partial charge in [-0.15, -0.1) is 0 Å². The molecular weight excluding hydrogens is 135 g/mol. The molecule has 0 saturated heterocycles. The van der Waals surface area contributed by atoms with Gasteiger partial charge in [0.25, 0.3) is 0 Å². The van der Waals surface area contributed by atoms with Crippen molar-refractivity contribution in [2.45, 2.75) is 0 Å². The summed E-state index contributed by atoms with van der Waals surface area (Å²) in [5.74, 6) is 0. The Bertz CT molecular complexity index is 46.1. The van der Waals surface area contributed by atoms with Crippen LogP contribution in [0, 0.1) is 0 Å². The quantitative estimate of drug-likeness (QED) is 0.484. The van der Waals surface area contributed by atoms with Crippen LogP contribution in [0.4, 0.5) is 4.79 Å².